The summed E-state index contributed by atoms with van der Waals surface area (Å²) in [5.41, 5.74) is 2.82. The molecule has 1 atom stereocenters. The number of urea groups is 1. The third-order valence-corrected chi connectivity index (χ3v) is 2.57. The van der Waals surface area contributed by atoms with Crippen LogP contribution >= 0.6 is 0 Å². The quantitative estimate of drug-likeness (QED) is 0.280. The number of alkyl carbamates (subject to hydrolysis) is 1. The van der Waals surface area contributed by atoms with Crippen LogP contribution in [0.25, 0.3) is 0 Å². The van der Waals surface area contributed by atoms with Gasteiger partial charge < -0.3 is 15.4 Å². The number of carbonyl (C=O) groups is 2. The summed E-state index contributed by atoms with van der Waals surface area (Å²) in [6.45, 7) is 3.86. The molecule has 0 heterocycles. The summed E-state index contributed by atoms with van der Waals surface area (Å²) in [7, 11) is 0. The second-order valence-electron chi connectivity index (χ2n) is 4.55. The zero-order valence-corrected chi connectivity index (χ0v) is 11.6. The first kappa shape index (κ1) is 15.8. The van der Waals surface area contributed by atoms with Crippen molar-refractivity contribution in [3.8, 4) is 0 Å². The molecule has 0 fully saturated rings. The highest BCUT2D eigenvalue weighted by atomic mass is 16.5. The second kappa shape index (κ2) is 8.00. The Bertz CT molecular complexity index is 437. The van der Waals surface area contributed by atoms with Crippen LogP contribution in [0.4, 0.5) is 9.59 Å². The van der Waals surface area contributed by atoms with Gasteiger partial charge in [0.25, 0.3) is 0 Å². The zero-order chi connectivity index (χ0) is 15.0. The first-order valence-electron chi connectivity index (χ1n) is 6.27. The smallest absolute Gasteiger partial charge is 0.409 e. The fourth-order valence-electron chi connectivity index (χ4n) is 1.44. The Morgan fingerprint density at radius 3 is 2.40 bits per heavy atom. The number of hydrogen-bond acceptors (Lipinski definition) is 4. The first-order valence-corrected chi connectivity index (χ1v) is 6.27. The molecular formula is C13H20N4O3. The number of hydrazine groups is 1. The highest BCUT2D eigenvalue weighted by Gasteiger charge is 2.18. The van der Waals surface area contributed by atoms with Crippen molar-refractivity contribution in [2.75, 3.05) is 0 Å². The molecule has 0 spiro atoms. The summed E-state index contributed by atoms with van der Waals surface area (Å²) in [6, 6.07) is 8.74. The van der Waals surface area contributed by atoms with Gasteiger partial charge in [-0.2, -0.15) is 0 Å². The summed E-state index contributed by atoms with van der Waals surface area (Å²) in [6.07, 6.45) is -1.17. The van der Waals surface area contributed by atoms with Crippen molar-refractivity contribution in [3.05, 3.63) is 35.9 Å². The lowest BCUT2D eigenvalue weighted by molar-refractivity contribution is 0.130. The van der Waals surface area contributed by atoms with Gasteiger partial charge in [-0.05, 0) is 11.5 Å². The normalized spacial score (nSPS) is 11.6. The van der Waals surface area contributed by atoms with Crippen LogP contribution < -0.4 is 21.9 Å². The molecule has 5 N–H and O–H groups in total. The number of nitrogens with one attached hydrogen (secondary N) is 3. The molecule has 1 aromatic carbocycles. The number of nitrogens with two attached hydrogens (primary N) is 1. The van der Waals surface area contributed by atoms with Gasteiger partial charge in [-0.15, -0.1) is 0 Å². The molecule has 7 nitrogen and oxygen atoms in total. The zero-order valence-electron chi connectivity index (χ0n) is 11.6. The Labute approximate surface area is 117 Å². The van der Waals surface area contributed by atoms with Gasteiger partial charge in [-0.25, -0.2) is 15.4 Å². The van der Waals surface area contributed by atoms with E-state index < -0.39 is 18.3 Å². The maximum Gasteiger partial charge on any atom is 0.409 e. The molecule has 1 unspecified atom stereocenters. The lowest BCUT2D eigenvalue weighted by atomic mass is 10.1. The summed E-state index contributed by atoms with van der Waals surface area (Å²) in [4.78, 5) is 22.8. The molecule has 1 aromatic rings. The highest BCUT2D eigenvalue weighted by molar-refractivity contribution is 5.74. The van der Waals surface area contributed by atoms with Crippen LogP contribution in [0.3, 0.4) is 0 Å². The fraction of sp³-hybridized carbons (Fsp3) is 0.385. The van der Waals surface area contributed by atoms with E-state index in [-0.39, 0.29) is 12.5 Å². The van der Waals surface area contributed by atoms with Gasteiger partial charge in [0.1, 0.15) is 12.8 Å². The average molecular weight is 280 g/mol. The Morgan fingerprint density at radius 1 is 1.20 bits per heavy atom. The van der Waals surface area contributed by atoms with Crippen molar-refractivity contribution < 1.29 is 14.3 Å². The molecule has 0 aliphatic heterocycles. The number of benzene rings is 1. The predicted octanol–water partition coefficient (Wildman–Crippen LogP) is 1.07. The Morgan fingerprint density at radius 2 is 1.85 bits per heavy atom. The number of amides is 3. The van der Waals surface area contributed by atoms with Crippen molar-refractivity contribution >= 4 is 12.1 Å². The third-order valence-electron chi connectivity index (χ3n) is 2.57. The Balaban J connectivity index is 2.44. The molecule has 0 saturated carbocycles. The monoisotopic (exact) mass is 280 g/mol. The number of rotatable bonds is 5. The summed E-state index contributed by atoms with van der Waals surface area (Å²) < 4.78 is 5.07. The Hall–Kier alpha value is -2.28. The van der Waals surface area contributed by atoms with Crippen LogP contribution in [0.2, 0.25) is 0 Å². The topological polar surface area (TPSA) is 105 Å². The molecule has 0 aliphatic carbocycles. The SMILES string of the molecule is CC(C)C(NC(=O)NN)NC(=O)OCc1ccccc1. The molecule has 110 valence electrons. The molecule has 0 radical (unpaired) electrons. The van der Waals surface area contributed by atoms with Crippen molar-refractivity contribution in [2.24, 2.45) is 11.8 Å². The average Bonchev–Trinajstić information content (AvgIpc) is 2.45. The lowest BCUT2D eigenvalue weighted by Crippen LogP contribution is -2.55. The third kappa shape index (κ3) is 5.57. The minimum Gasteiger partial charge on any atom is -0.445 e. The van der Waals surface area contributed by atoms with Crippen LogP contribution in [0.5, 0.6) is 0 Å². The Kier molecular flexibility index (Phi) is 6.31. The number of carbonyl (C=O) groups excluding carboxylic acids is 2. The van der Waals surface area contributed by atoms with E-state index in [1.54, 1.807) is 0 Å². The summed E-state index contributed by atoms with van der Waals surface area (Å²) in [5.74, 6) is 4.96. The van der Waals surface area contributed by atoms with Crippen LogP contribution in [-0.2, 0) is 11.3 Å². The maximum absolute atomic E-state index is 11.7. The van der Waals surface area contributed by atoms with Crippen LogP contribution in [0.15, 0.2) is 30.3 Å². The number of ether oxygens (including phenoxy) is 1. The van der Waals surface area contributed by atoms with E-state index in [1.165, 1.54) is 0 Å². The van der Waals surface area contributed by atoms with Crippen LogP contribution in [-0.4, -0.2) is 18.3 Å². The van der Waals surface area contributed by atoms with Crippen molar-refractivity contribution in [1.82, 2.24) is 16.1 Å². The predicted molar refractivity (Wildman–Crippen MR) is 74.2 cm³/mol. The van der Waals surface area contributed by atoms with Gasteiger partial charge in [-0.1, -0.05) is 44.2 Å². The summed E-state index contributed by atoms with van der Waals surface area (Å²) in [5, 5.41) is 5.07. The van der Waals surface area contributed by atoms with E-state index in [0.29, 0.717) is 0 Å². The summed E-state index contributed by atoms with van der Waals surface area (Å²) >= 11 is 0. The minimum absolute atomic E-state index is 0.0171. The van der Waals surface area contributed by atoms with E-state index in [4.69, 9.17) is 10.6 Å². The van der Waals surface area contributed by atoms with Gasteiger partial charge in [0.05, 0.1) is 0 Å². The fourth-order valence-corrected chi connectivity index (χ4v) is 1.44. The molecule has 20 heavy (non-hydrogen) atoms. The maximum atomic E-state index is 11.7. The van der Waals surface area contributed by atoms with E-state index in [1.807, 2.05) is 49.6 Å². The molecular weight excluding hydrogens is 260 g/mol. The molecule has 0 bridgehead atoms. The van der Waals surface area contributed by atoms with Gasteiger partial charge in [0.15, 0.2) is 0 Å². The number of hydrogen-bond donors (Lipinski definition) is 4. The van der Waals surface area contributed by atoms with Gasteiger partial charge in [0.2, 0.25) is 0 Å². The largest absolute Gasteiger partial charge is 0.445 e. The van der Waals surface area contributed by atoms with Gasteiger partial charge >= 0.3 is 12.1 Å². The van der Waals surface area contributed by atoms with E-state index in [0.717, 1.165) is 5.56 Å². The highest BCUT2D eigenvalue weighted by Crippen LogP contribution is 2.02. The van der Waals surface area contributed by atoms with Crippen molar-refractivity contribution in [1.29, 1.82) is 0 Å². The molecule has 0 saturated heterocycles. The van der Waals surface area contributed by atoms with E-state index in [2.05, 4.69) is 10.6 Å². The van der Waals surface area contributed by atoms with E-state index in [9.17, 15) is 9.59 Å². The second-order valence-corrected chi connectivity index (χ2v) is 4.55. The van der Waals surface area contributed by atoms with E-state index >= 15 is 0 Å². The van der Waals surface area contributed by atoms with Crippen molar-refractivity contribution in [3.63, 3.8) is 0 Å². The minimum atomic E-state index is -0.607. The van der Waals surface area contributed by atoms with Gasteiger partial charge in [0, 0.05) is 0 Å². The molecule has 3 amide bonds. The lowest BCUT2D eigenvalue weighted by Gasteiger charge is -2.22. The van der Waals surface area contributed by atoms with Crippen LogP contribution in [0.1, 0.15) is 19.4 Å². The van der Waals surface area contributed by atoms with Crippen molar-refractivity contribution in [2.45, 2.75) is 26.6 Å². The molecule has 1 rings (SSSR count). The molecule has 0 aromatic heterocycles. The van der Waals surface area contributed by atoms with Crippen LogP contribution in [0, 0.1) is 5.92 Å². The molecule has 0 aliphatic rings. The van der Waals surface area contributed by atoms with Gasteiger partial charge in [-0.3, -0.25) is 5.43 Å². The standard InChI is InChI=1S/C13H20N4O3/c1-9(2)11(15-12(18)17-14)16-13(19)20-8-10-6-4-3-5-7-10/h3-7,9,11H,8,14H2,1-2H3,(H,16,19)(H2,15,17,18). The molecule has 7 heteroatoms. The first-order chi connectivity index (χ1) is 9.52.